The zero-order valence-corrected chi connectivity index (χ0v) is 16.0. The van der Waals surface area contributed by atoms with Gasteiger partial charge in [0.1, 0.15) is 5.82 Å². The van der Waals surface area contributed by atoms with Crippen molar-refractivity contribution in [2.24, 2.45) is 0 Å². The van der Waals surface area contributed by atoms with E-state index < -0.39 is 0 Å². The lowest BCUT2D eigenvalue weighted by Gasteiger charge is -2.23. The van der Waals surface area contributed by atoms with E-state index in [0.29, 0.717) is 11.9 Å². The molecular weight excluding hydrogens is 358 g/mol. The van der Waals surface area contributed by atoms with Gasteiger partial charge in [0.2, 0.25) is 5.82 Å². The minimum Gasteiger partial charge on any atom is -0.368 e. The van der Waals surface area contributed by atoms with Gasteiger partial charge in [-0.15, -0.1) is 21.5 Å². The standard InChI is InChI=1S/C19H21N7S/c1-2-26-8-3-4-13(26)11-20-19-15-7-9-27-17(15)14-6-5-12(10-16(14)21-19)18-22-24-25-23-18/h5-7,9-10,13H,2-4,8,11H2,1H3,(H,20,21)(H,22,23,24,25)/t13-/m0/s1. The number of likely N-dealkylation sites (tertiary alicyclic amines) is 1. The first kappa shape index (κ1) is 16.6. The second-order valence-electron chi connectivity index (χ2n) is 6.90. The van der Waals surface area contributed by atoms with Gasteiger partial charge in [-0.05, 0) is 48.7 Å². The molecule has 3 aromatic heterocycles. The van der Waals surface area contributed by atoms with Gasteiger partial charge in [-0.2, -0.15) is 5.21 Å². The molecule has 4 heterocycles. The number of tetrazole rings is 1. The summed E-state index contributed by atoms with van der Waals surface area (Å²) in [6, 6.07) is 8.92. The van der Waals surface area contributed by atoms with Crippen molar-refractivity contribution in [3.05, 3.63) is 29.6 Å². The maximum atomic E-state index is 4.95. The number of rotatable bonds is 5. The van der Waals surface area contributed by atoms with Crippen molar-refractivity contribution >= 4 is 38.1 Å². The monoisotopic (exact) mass is 379 g/mol. The van der Waals surface area contributed by atoms with Gasteiger partial charge in [-0.3, -0.25) is 4.90 Å². The third kappa shape index (κ3) is 2.94. The first-order chi connectivity index (χ1) is 13.3. The molecule has 0 saturated carbocycles. The highest BCUT2D eigenvalue weighted by molar-refractivity contribution is 7.18. The minimum atomic E-state index is 0.587. The predicted molar refractivity (Wildman–Crippen MR) is 109 cm³/mol. The number of aromatic amines is 1. The molecule has 1 atom stereocenters. The number of thiophene rings is 1. The van der Waals surface area contributed by atoms with Gasteiger partial charge in [0, 0.05) is 33.6 Å². The quantitative estimate of drug-likeness (QED) is 0.552. The molecule has 0 aliphatic carbocycles. The van der Waals surface area contributed by atoms with Gasteiger partial charge in [0.05, 0.1) is 5.52 Å². The zero-order valence-electron chi connectivity index (χ0n) is 15.1. The van der Waals surface area contributed by atoms with Gasteiger partial charge >= 0.3 is 0 Å². The number of pyridine rings is 1. The molecule has 0 radical (unpaired) electrons. The fraction of sp³-hybridized carbons (Fsp3) is 0.368. The van der Waals surface area contributed by atoms with E-state index >= 15 is 0 Å². The van der Waals surface area contributed by atoms with Crippen molar-refractivity contribution in [1.29, 1.82) is 0 Å². The highest BCUT2D eigenvalue weighted by atomic mass is 32.1. The Kier molecular flexibility index (Phi) is 4.21. The minimum absolute atomic E-state index is 0.587. The second-order valence-corrected chi connectivity index (χ2v) is 7.81. The van der Waals surface area contributed by atoms with Crippen LogP contribution in [-0.2, 0) is 0 Å². The summed E-state index contributed by atoms with van der Waals surface area (Å²) in [5.74, 6) is 1.55. The number of nitrogens with one attached hydrogen (secondary N) is 2. The predicted octanol–water partition coefficient (Wildman–Crippen LogP) is 3.53. The van der Waals surface area contributed by atoms with E-state index in [4.69, 9.17) is 4.98 Å². The Morgan fingerprint density at radius 2 is 2.26 bits per heavy atom. The molecule has 7 nitrogen and oxygen atoms in total. The van der Waals surface area contributed by atoms with Gasteiger partial charge < -0.3 is 5.32 Å². The van der Waals surface area contributed by atoms with Crippen molar-refractivity contribution < 1.29 is 0 Å². The summed E-state index contributed by atoms with van der Waals surface area (Å²) in [5, 5.41) is 22.4. The second kappa shape index (κ2) is 6.86. The lowest BCUT2D eigenvalue weighted by Crippen LogP contribution is -2.34. The number of aromatic nitrogens is 5. The van der Waals surface area contributed by atoms with Crippen molar-refractivity contribution in [2.45, 2.75) is 25.8 Å². The number of fused-ring (bicyclic) bond motifs is 3. The summed E-state index contributed by atoms with van der Waals surface area (Å²) in [5.41, 5.74) is 1.87. The molecule has 1 aromatic carbocycles. The van der Waals surface area contributed by atoms with Crippen LogP contribution in [0, 0.1) is 0 Å². The van der Waals surface area contributed by atoms with Crippen LogP contribution in [0.3, 0.4) is 0 Å². The van der Waals surface area contributed by atoms with Gasteiger partial charge in [-0.25, -0.2) is 4.98 Å². The SMILES string of the molecule is CCN1CCC[C@H]1CNc1nc2cc(-c3nn[nH]n3)ccc2c2sccc12. The molecule has 4 aromatic rings. The van der Waals surface area contributed by atoms with Gasteiger partial charge in [0.25, 0.3) is 0 Å². The molecule has 0 bridgehead atoms. The van der Waals surface area contributed by atoms with Crippen LogP contribution in [0.2, 0.25) is 0 Å². The molecule has 2 N–H and O–H groups in total. The Bertz CT molecular complexity index is 1070. The van der Waals surface area contributed by atoms with Crippen LogP contribution >= 0.6 is 11.3 Å². The topological polar surface area (TPSA) is 82.6 Å². The summed E-state index contributed by atoms with van der Waals surface area (Å²) in [6.07, 6.45) is 2.54. The molecule has 1 aliphatic heterocycles. The maximum Gasteiger partial charge on any atom is 0.204 e. The van der Waals surface area contributed by atoms with Crippen LogP contribution in [0.5, 0.6) is 0 Å². The Labute approximate surface area is 160 Å². The molecule has 1 saturated heterocycles. The smallest absolute Gasteiger partial charge is 0.204 e. The largest absolute Gasteiger partial charge is 0.368 e. The zero-order chi connectivity index (χ0) is 18.2. The average molecular weight is 379 g/mol. The van der Waals surface area contributed by atoms with Gasteiger partial charge in [-0.1, -0.05) is 19.1 Å². The molecule has 27 heavy (non-hydrogen) atoms. The highest BCUT2D eigenvalue weighted by Gasteiger charge is 2.23. The Hall–Kier alpha value is -2.58. The third-order valence-corrected chi connectivity index (χ3v) is 6.36. The normalized spacial score (nSPS) is 17.9. The van der Waals surface area contributed by atoms with Crippen LogP contribution in [0.25, 0.3) is 32.4 Å². The molecular formula is C19H21N7S. The Morgan fingerprint density at radius 3 is 3.11 bits per heavy atom. The highest BCUT2D eigenvalue weighted by Crippen LogP contribution is 2.35. The fourth-order valence-corrected chi connectivity index (χ4v) is 4.95. The van der Waals surface area contributed by atoms with Crippen molar-refractivity contribution in [3.63, 3.8) is 0 Å². The summed E-state index contributed by atoms with van der Waals surface area (Å²) in [6.45, 7) is 5.49. The lowest BCUT2D eigenvalue weighted by molar-refractivity contribution is 0.277. The lowest BCUT2D eigenvalue weighted by atomic mass is 10.1. The maximum absolute atomic E-state index is 4.95. The fourth-order valence-electron chi connectivity index (χ4n) is 4.02. The molecule has 5 rings (SSSR count). The third-order valence-electron chi connectivity index (χ3n) is 5.41. The number of nitrogens with zero attached hydrogens (tertiary/aromatic N) is 5. The molecule has 8 heteroatoms. The number of likely N-dealkylation sites (N-methyl/N-ethyl adjacent to an activating group) is 1. The average Bonchev–Trinajstić information content (AvgIpc) is 3.46. The molecule has 0 amide bonds. The van der Waals surface area contributed by atoms with Crippen LogP contribution < -0.4 is 5.32 Å². The van der Waals surface area contributed by atoms with Crippen LogP contribution in [0.4, 0.5) is 5.82 Å². The number of benzene rings is 1. The number of hydrogen-bond donors (Lipinski definition) is 2. The summed E-state index contributed by atoms with van der Waals surface area (Å²) in [4.78, 5) is 7.50. The van der Waals surface area contributed by atoms with Crippen LogP contribution in [0.15, 0.2) is 29.6 Å². The van der Waals surface area contributed by atoms with Crippen LogP contribution in [-0.4, -0.2) is 56.2 Å². The van der Waals surface area contributed by atoms with Crippen molar-refractivity contribution in [3.8, 4) is 11.4 Å². The summed E-state index contributed by atoms with van der Waals surface area (Å²) >= 11 is 1.76. The number of H-pyrrole nitrogens is 1. The molecule has 0 unspecified atom stereocenters. The van der Waals surface area contributed by atoms with E-state index in [0.717, 1.165) is 35.4 Å². The molecule has 138 valence electrons. The van der Waals surface area contributed by atoms with E-state index in [1.807, 2.05) is 12.1 Å². The van der Waals surface area contributed by atoms with E-state index in [1.54, 1.807) is 11.3 Å². The van der Waals surface area contributed by atoms with Crippen LogP contribution in [0.1, 0.15) is 19.8 Å². The molecule has 1 aliphatic rings. The van der Waals surface area contributed by atoms with Crippen molar-refractivity contribution in [2.75, 3.05) is 25.0 Å². The molecule has 0 spiro atoms. The van der Waals surface area contributed by atoms with E-state index in [2.05, 4.69) is 55.3 Å². The Morgan fingerprint density at radius 1 is 1.30 bits per heavy atom. The summed E-state index contributed by atoms with van der Waals surface area (Å²) < 4.78 is 1.26. The van der Waals surface area contributed by atoms with E-state index in [-0.39, 0.29) is 0 Å². The first-order valence-electron chi connectivity index (χ1n) is 9.36. The first-order valence-corrected chi connectivity index (χ1v) is 10.2. The van der Waals surface area contributed by atoms with E-state index in [1.165, 1.54) is 29.5 Å². The molecule has 1 fully saturated rings. The number of hydrogen-bond acceptors (Lipinski definition) is 7. The summed E-state index contributed by atoms with van der Waals surface area (Å²) in [7, 11) is 0. The number of anilines is 1. The van der Waals surface area contributed by atoms with Gasteiger partial charge in [0.15, 0.2) is 0 Å². The van der Waals surface area contributed by atoms with Crippen molar-refractivity contribution in [1.82, 2.24) is 30.5 Å². The van der Waals surface area contributed by atoms with E-state index in [9.17, 15) is 0 Å². The Balaban J connectivity index is 1.53.